The van der Waals surface area contributed by atoms with Crippen molar-refractivity contribution in [2.45, 2.75) is 25.7 Å². The number of anilines is 1. The third kappa shape index (κ3) is 4.15. The van der Waals surface area contributed by atoms with Crippen LogP contribution < -0.4 is 4.90 Å². The maximum atomic E-state index is 12.6. The second-order valence-corrected chi connectivity index (χ2v) is 9.55. The van der Waals surface area contributed by atoms with Crippen LogP contribution in [0.3, 0.4) is 0 Å². The smallest absolute Gasteiger partial charge is 0.222 e. The predicted molar refractivity (Wildman–Crippen MR) is 123 cm³/mol. The molecule has 1 aliphatic rings. The van der Waals surface area contributed by atoms with Gasteiger partial charge in [0.2, 0.25) is 5.91 Å². The van der Waals surface area contributed by atoms with Gasteiger partial charge in [0.1, 0.15) is 10.3 Å². The number of para-hydroxylation sites is 1. The number of benzene rings is 1. The lowest BCUT2D eigenvalue weighted by molar-refractivity contribution is -0.131. The Labute approximate surface area is 183 Å². The number of amides is 1. The van der Waals surface area contributed by atoms with E-state index in [1.54, 1.807) is 28.9 Å². The van der Waals surface area contributed by atoms with Gasteiger partial charge in [-0.2, -0.15) is 0 Å². The van der Waals surface area contributed by atoms with Crippen LogP contribution in [0.25, 0.3) is 20.6 Å². The summed E-state index contributed by atoms with van der Waals surface area (Å²) in [6.07, 6.45) is 5.29. The van der Waals surface area contributed by atoms with E-state index in [0.717, 1.165) is 66.4 Å². The van der Waals surface area contributed by atoms with Crippen molar-refractivity contribution in [2.24, 2.45) is 0 Å². The summed E-state index contributed by atoms with van der Waals surface area (Å²) >= 11 is 3.39. The van der Waals surface area contributed by atoms with E-state index in [4.69, 9.17) is 0 Å². The first kappa shape index (κ1) is 19.4. The summed E-state index contributed by atoms with van der Waals surface area (Å²) in [6.45, 7) is 3.19. The van der Waals surface area contributed by atoms with Gasteiger partial charge in [0.15, 0.2) is 5.13 Å². The van der Waals surface area contributed by atoms with Crippen LogP contribution in [0.4, 0.5) is 5.13 Å². The van der Waals surface area contributed by atoms with Crippen LogP contribution in [0.2, 0.25) is 0 Å². The van der Waals surface area contributed by atoms with Crippen LogP contribution in [-0.4, -0.2) is 51.9 Å². The number of aryl methyl sites for hydroxylation is 1. The zero-order valence-electron chi connectivity index (χ0n) is 16.7. The number of nitrogens with zero attached hydrogens (tertiary/aromatic N) is 5. The molecule has 4 aromatic rings. The number of hydrogen-bond acceptors (Lipinski definition) is 7. The minimum atomic E-state index is 0.268. The Kier molecular flexibility index (Phi) is 5.59. The van der Waals surface area contributed by atoms with Crippen LogP contribution in [0, 0.1) is 0 Å². The Hall–Kier alpha value is -2.58. The Morgan fingerprint density at radius 3 is 2.60 bits per heavy atom. The minimum absolute atomic E-state index is 0.268. The van der Waals surface area contributed by atoms with Crippen molar-refractivity contribution < 1.29 is 4.79 Å². The van der Waals surface area contributed by atoms with E-state index >= 15 is 0 Å². The molecule has 4 heterocycles. The molecule has 0 radical (unpaired) electrons. The molecular weight excluding hydrogens is 414 g/mol. The van der Waals surface area contributed by atoms with Crippen molar-refractivity contribution in [2.75, 3.05) is 31.1 Å². The topological polar surface area (TPSA) is 62.2 Å². The Bertz CT molecular complexity index is 1100. The number of fused-ring (bicyclic) bond motifs is 2. The average Bonchev–Trinajstić information content (AvgIpc) is 3.40. The molecule has 0 spiro atoms. The molecule has 5 rings (SSSR count). The fraction of sp³-hybridized carbons (Fsp3) is 0.364. The van der Waals surface area contributed by atoms with Crippen LogP contribution in [0.5, 0.6) is 0 Å². The van der Waals surface area contributed by atoms with E-state index in [1.165, 1.54) is 9.71 Å². The number of piperazine rings is 1. The summed E-state index contributed by atoms with van der Waals surface area (Å²) in [5.41, 5.74) is 2.03. The first-order chi connectivity index (χ1) is 14.8. The molecule has 0 aliphatic carbocycles. The van der Waals surface area contributed by atoms with Crippen LogP contribution >= 0.6 is 22.7 Å². The molecule has 1 saturated heterocycles. The molecule has 8 heteroatoms. The van der Waals surface area contributed by atoms with Crippen molar-refractivity contribution >= 4 is 54.3 Å². The van der Waals surface area contributed by atoms with Gasteiger partial charge in [-0.3, -0.25) is 4.79 Å². The predicted octanol–water partition coefficient (Wildman–Crippen LogP) is 4.36. The number of thiazole rings is 2. The number of aromatic nitrogens is 3. The lowest BCUT2D eigenvalue weighted by Gasteiger charge is -2.34. The number of hydrogen-bond donors (Lipinski definition) is 0. The zero-order chi connectivity index (χ0) is 20.3. The van der Waals surface area contributed by atoms with Crippen molar-refractivity contribution in [3.63, 3.8) is 0 Å². The summed E-state index contributed by atoms with van der Waals surface area (Å²) in [5.74, 6) is 0.268. The zero-order valence-corrected chi connectivity index (χ0v) is 18.3. The molecule has 0 N–H and O–H groups in total. The van der Waals surface area contributed by atoms with Crippen molar-refractivity contribution in [1.82, 2.24) is 19.9 Å². The molecule has 3 aromatic heterocycles. The van der Waals surface area contributed by atoms with Crippen LogP contribution in [-0.2, 0) is 11.2 Å². The van der Waals surface area contributed by atoms with Gasteiger partial charge in [0.25, 0.3) is 0 Å². The monoisotopic (exact) mass is 437 g/mol. The summed E-state index contributed by atoms with van der Waals surface area (Å²) in [6, 6.07) is 12.2. The largest absolute Gasteiger partial charge is 0.344 e. The molecule has 6 nitrogen and oxygen atoms in total. The highest BCUT2D eigenvalue weighted by atomic mass is 32.1. The van der Waals surface area contributed by atoms with E-state index in [0.29, 0.717) is 6.42 Å². The second-order valence-electron chi connectivity index (χ2n) is 7.47. The molecule has 1 amide bonds. The van der Waals surface area contributed by atoms with Crippen LogP contribution in [0.15, 0.2) is 42.6 Å². The molecule has 0 bridgehead atoms. The third-order valence-electron chi connectivity index (χ3n) is 5.43. The lowest BCUT2D eigenvalue weighted by atomic mass is 10.1. The molecule has 1 fully saturated rings. The number of unbranched alkanes of at least 4 members (excludes halogenated alkanes) is 1. The van der Waals surface area contributed by atoms with Crippen LogP contribution in [0.1, 0.15) is 24.3 Å². The molecular formula is C22H23N5OS2. The fourth-order valence-electron chi connectivity index (χ4n) is 3.78. The number of carbonyl (C=O) groups excluding carboxylic acids is 1. The first-order valence-corrected chi connectivity index (χ1v) is 12.0. The Morgan fingerprint density at radius 1 is 0.933 bits per heavy atom. The van der Waals surface area contributed by atoms with Gasteiger partial charge in [-0.15, -0.1) is 11.3 Å². The number of carbonyl (C=O) groups is 1. The van der Waals surface area contributed by atoms with E-state index in [9.17, 15) is 4.79 Å². The molecule has 0 atom stereocenters. The number of pyridine rings is 1. The van der Waals surface area contributed by atoms with E-state index in [1.807, 2.05) is 23.1 Å². The molecule has 1 aliphatic heterocycles. The van der Waals surface area contributed by atoms with E-state index < -0.39 is 0 Å². The second kappa shape index (κ2) is 8.65. The van der Waals surface area contributed by atoms with Crippen molar-refractivity contribution in [3.05, 3.63) is 47.6 Å². The maximum absolute atomic E-state index is 12.6. The summed E-state index contributed by atoms with van der Waals surface area (Å²) in [4.78, 5) is 31.6. The molecule has 0 saturated carbocycles. The summed E-state index contributed by atoms with van der Waals surface area (Å²) < 4.78 is 1.24. The lowest BCUT2D eigenvalue weighted by Crippen LogP contribution is -2.48. The Balaban J connectivity index is 1.07. The van der Waals surface area contributed by atoms with Gasteiger partial charge >= 0.3 is 0 Å². The van der Waals surface area contributed by atoms with Gasteiger partial charge in [0, 0.05) is 38.8 Å². The summed E-state index contributed by atoms with van der Waals surface area (Å²) in [7, 11) is 0. The standard InChI is InChI=1S/C22H23N5OS2/c28-20(10-4-3-9-19-24-16-6-1-2-8-18(16)29-19)26-12-14-27(15-13-26)22-25-17-7-5-11-23-21(17)30-22/h1-2,5-8,11H,3-4,9-10,12-15H2. The molecule has 1 aromatic carbocycles. The third-order valence-corrected chi connectivity index (χ3v) is 7.56. The van der Waals surface area contributed by atoms with Gasteiger partial charge in [-0.1, -0.05) is 23.5 Å². The molecule has 154 valence electrons. The highest BCUT2D eigenvalue weighted by Crippen LogP contribution is 2.28. The van der Waals surface area contributed by atoms with Gasteiger partial charge in [-0.25, -0.2) is 15.0 Å². The molecule has 0 unspecified atom stereocenters. The Morgan fingerprint density at radius 2 is 1.77 bits per heavy atom. The first-order valence-electron chi connectivity index (χ1n) is 10.3. The normalized spacial score (nSPS) is 14.7. The fourth-order valence-corrected chi connectivity index (χ4v) is 5.75. The van der Waals surface area contributed by atoms with Crippen molar-refractivity contribution in [3.8, 4) is 0 Å². The van der Waals surface area contributed by atoms with Gasteiger partial charge in [-0.05, 0) is 43.5 Å². The van der Waals surface area contributed by atoms with E-state index in [2.05, 4.69) is 38.1 Å². The molecule has 30 heavy (non-hydrogen) atoms. The van der Waals surface area contributed by atoms with Gasteiger partial charge < -0.3 is 9.80 Å². The van der Waals surface area contributed by atoms with E-state index in [-0.39, 0.29) is 5.91 Å². The maximum Gasteiger partial charge on any atom is 0.222 e. The van der Waals surface area contributed by atoms with Gasteiger partial charge in [0.05, 0.1) is 15.2 Å². The quantitative estimate of drug-likeness (QED) is 0.419. The average molecular weight is 438 g/mol. The minimum Gasteiger partial charge on any atom is -0.344 e. The SMILES string of the molecule is O=C(CCCCc1nc2ccccc2s1)N1CCN(c2nc3cccnc3s2)CC1. The number of rotatable bonds is 6. The van der Waals surface area contributed by atoms with Crippen molar-refractivity contribution in [1.29, 1.82) is 0 Å². The highest BCUT2D eigenvalue weighted by Gasteiger charge is 2.23. The highest BCUT2D eigenvalue weighted by molar-refractivity contribution is 7.21. The summed E-state index contributed by atoms with van der Waals surface area (Å²) in [5, 5.41) is 2.18.